The Labute approximate surface area is 174 Å². The summed E-state index contributed by atoms with van der Waals surface area (Å²) in [5.74, 6) is -0.360. The summed E-state index contributed by atoms with van der Waals surface area (Å²) in [6.45, 7) is 0. The minimum absolute atomic E-state index is 0.0271. The molecule has 0 bridgehead atoms. The number of nitro groups is 1. The zero-order valence-electron chi connectivity index (χ0n) is 15.4. The largest absolute Gasteiger partial charge is 0.270 e. The highest BCUT2D eigenvalue weighted by atomic mass is 32.2. The summed E-state index contributed by atoms with van der Waals surface area (Å²) >= 11 is 1.22. The maximum absolute atomic E-state index is 14.0. The molecular formula is C21H14F2N4O2S. The molecule has 0 atom stereocenters. The molecule has 0 spiro atoms. The van der Waals surface area contributed by atoms with Crippen molar-refractivity contribution in [3.8, 4) is 17.1 Å². The molecule has 0 saturated carbocycles. The number of nitrogens with zero attached hydrogens (tertiary/aromatic N) is 4. The molecule has 0 unspecified atom stereocenters. The number of hydrogen-bond donors (Lipinski definition) is 0. The minimum Gasteiger partial charge on any atom is -0.270 e. The summed E-state index contributed by atoms with van der Waals surface area (Å²) in [7, 11) is 0. The van der Waals surface area contributed by atoms with Crippen LogP contribution in [0, 0.1) is 21.7 Å². The zero-order valence-corrected chi connectivity index (χ0v) is 16.2. The van der Waals surface area contributed by atoms with E-state index in [0.29, 0.717) is 16.5 Å². The molecular weight excluding hydrogens is 410 g/mol. The van der Waals surface area contributed by atoms with Crippen molar-refractivity contribution in [2.75, 3.05) is 0 Å². The van der Waals surface area contributed by atoms with E-state index in [-0.39, 0.29) is 17.0 Å². The van der Waals surface area contributed by atoms with Gasteiger partial charge in [0, 0.05) is 34.7 Å². The fraction of sp³-hybridized carbons (Fsp3) is 0.0476. The lowest BCUT2D eigenvalue weighted by Gasteiger charge is -2.10. The van der Waals surface area contributed by atoms with Crippen LogP contribution in [0.5, 0.6) is 0 Å². The smallest absolute Gasteiger partial charge is 0.269 e. The van der Waals surface area contributed by atoms with Crippen molar-refractivity contribution in [1.29, 1.82) is 0 Å². The average Bonchev–Trinajstić information content (AvgIpc) is 3.19. The van der Waals surface area contributed by atoms with Gasteiger partial charge in [0.1, 0.15) is 11.6 Å². The van der Waals surface area contributed by atoms with E-state index >= 15 is 0 Å². The quantitative estimate of drug-likeness (QED) is 0.235. The zero-order chi connectivity index (χ0) is 21.1. The first-order chi connectivity index (χ1) is 14.5. The lowest BCUT2D eigenvalue weighted by Crippen LogP contribution is -2.00. The molecule has 9 heteroatoms. The number of thioether (sulfide) groups is 1. The Balaban J connectivity index is 1.72. The highest BCUT2D eigenvalue weighted by Crippen LogP contribution is 2.31. The number of nitro benzene ring substituents is 1. The molecule has 0 aliphatic heterocycles. The van der Waals surface area contributed by atoms with Crippen LogP contribution in [0.3, 0.4) is 0 Å². The molecule has 150 valence electrons. The second-order valence-corrected chi connectivity index (χ2v) is 7.25. The SMILES string of the molecule is O=[N+]([O-])c1ccc(-c2nnc(SCc3cc(F)ccc3F)n2-c2ccccc2)cc1. The van der Waals surface area contributed by atoms with Crippen LogP contribution < -0.4 is 0 Å². The number of benzene rings is 3. The van der Waals surface area contributed by atoms with Gasteiger partial charge in [-0.2, -0.15) is 0 Å². The maximum atomic E-state index is 14.0. The topological polar surface area (TPSA) is 73.8 Å². The van der Waals surface area contributed by atoms with Gasteiger partial charge in [-0.15, -0.1) is 10.2 Å². The van der Waals surface area contributed by atoms with Crippen LogP contribution in [0.2, 0.25) is 0 Å². The van der Waals surface area contributed by atoms with E-state index < -0.39 is 16.6 Å². The van der Waals surface area contributed by atoms with Crippen LogP contribution in [0.1, 0.15) is 5.56 Å². The molecule has 0 aliphatic carbocycles. The second kappa shape index (κ2) is 8.42. The third-order valence-corrected chi connectivity index (χ3v) is 5.33. The first-order valence-electron chi connectivity index (χ1n) is 8.85. The van der Waals surface area contributed by atoms with E-state index in [4.69, 9.17) is 0 Å². The lowest BCUT2D eigenvalue weighted by molar-refractivity contribution is -0.384. The second-order valence-electron chi connectivity index (χ2n) is 6.31. The molecule has 4 aromatic rings. The Kier molecular flexibility index (Phi) is 5.53. The maximum Gasteiger partial charge on any atom is 0.269 e. The Morgan fingerprint density at radius 3 is 2.40 bits per heavy atom. The van der Waals surface area contributed by atoms with Gasteiger partial charge in [0.25, 0.3) is 5.69 Å². The van der Waals surface area contributed by atoms with Crippen LogP contribution in [0.25, 0.3) is 17.1 Å². The van der Waals surface area contributed by atoms with Gasteiger partial charge in [0.05, 0.1) is 4.92 Å². The molecule has 3 aromatic carbocycles. The van der Waals surface area contributed by atoms with Gasteiger partial charge in [-0.1, -0.05) is 30.0 Å². The normalized spacial score (nSPS) is 10.9. The van der Waals surface area contributed by atoms with E-state index in [9.17, 15) is 18.9 Å². The fourth-order valence-corrected chi connectivity index (χ4v) is 3.81. The molecule has 6 nitrogen and oxygen atoms in total. The van der Waals surface area contributed by atoms with Crippen molar-refractivity contribution < 1.29 is 13.7 Å². The van der Waals surface area contributed by atoms with Gasteiger partial charge in [0.15, 0.2) is 11.0 Å². The van der Waals surface area contributed by atoms with Gasteiger partial charge in [-0.05, 0) is 42.5 Å². The summed E-state index contributed by atoms with van der Waals surface area (Å²) in [4.78, 5) is 10.5. The molecule has 1 aromatic heterocycles. The predicted octanol–water partition coefficient (Wildman–Crippen LogP) is 5.41. The Morgan fingerprint density at radius 2 is 1.70 bits per heavy atom. The van der Waals surface area contributed by atoms with Gasteiger partial charge >= 0.3 is 0 Å². The van der Waals surface area contributed by atoms with Crippen molar-refractivity contribution in [1.82, 2.24) is 14.8 Å². The van der Waals surface area contributed by atoms with E-state index in [1.54, 1.807) is 16.7 Å². The van der Waals surface area contributed by atoms with Crippen molar-refractivity contribution in [2.24, 2.45) is 0 Å². The first kappa shape index (κ1) is 19.7. The van der Waals surface area contributed by atoms with E-state index in [1.807, 2.05) is 30.3 Å². The number of halogens is 2. The van der Waals surface area contributed by atoms with Crippen LogP contribution in [-0.2, 0) is 5.75 Å². The molecule has 0 amide bonds. The molecule has 1 heterocycles. The predicted molar refractivity (Wildman–Crippen MR) is 109 cm³/mol. The molecule has 0 radical (unpaired) electrons. The van der Waals surface area contributed by atoms with Gasteiger partial charge in [-0.25, -0.2) is 8.78 Å². The third-order valence-electron chi connectivity index (χ3n) is 4.35. The van der Waals surface area contributed by atoms with Gasteiger partial charge in [-0.3, -0.25) is 14.7 Å². The Hall–Kier alpha value is -3.59. The summed E-state index contributed by atoms with van der Waals surface area (Å²) < 4.78 is 29.2. The van der Waals surface area contributed by atoms with E-state index in [2.05, 4.69) is 10.2 Å². The molecule has 0 saturated heterocycles. The number of aromatic nitrogens is 3. The van der Waals surface area contributed by atoms with Crippen LogP contribution in [0.4, 0.5) is 14.5 Å². The molecule has 0 aliphatic rings. The minimum atomic E-state index is -0.511. The van der Waals surface area contributed by atoms with Gasteiger partial charge in [0.2, 0.25) is 0 Å². The standard InChI is InChI=1S/C21H14F2N4O2S/c22-16-8-11-19(23)15(12-16)13-30-21-25-24-20(26(21)17-4-2-1-3-5-17)14-6-9-18(10-7-14)27(28)29/h1-12H,13H2. The number of para-hydroxylation sites is 1. The summed E-state index contributed by atoms with van der Waals surface area (Å²) in [5.41, 5.74) is 1.61. The van der Waals surface area contributed by atoms with Crippen molar-refractivity contribution in [3.05, 3.63) is 100 Å². The van der Waals surface area contributed by atoms with Crippen LogP contribution in [-0.4, -0.2) is 19.7 Å². The fourth-order valence-electron chi connectivity index (χ4n) is 2.89. The van der Waals surface area contributed by atoms with Gasteiger partial charge < -0.3 is 0 Å². The summed E-state index contributed by atoms with van der Waals surface area (Å²) in [5, 5.41) is 19.9. The van der Waals surface area contributed by atoms with Crippen molar-refractivity contribution >= 4 is 17.4 Å². The van der Waals surface area contributed by atoms with Crippen molar-refractivity contribution in [2.45, 2.75) is 10.9 Å². The number of rotatable bonds is 6. The van der Waals surface area contributed by atoms with Crippen LogP contribution in [0.15, 0.2) is 78.0 Å². The monoisotopic (exact) mass is 424 g/mol. The summed E-state index contributed by atoms with van der Waals surface area (Å²) in [6, 6.07) is 18.6. The average molecular weight is 424 g/mol. The molecule has 0 fully saturated rings. The van der Waals surface area contributed by atoms with Crippen LogP contribution >= 0.6 is 11.8 Å². The number of non-ortho nitro benzene ring substituents is 1. The summed E-state index contributed by atoms with van der Waals surface area (Å²) in [6.07, 6.45) is 0. The Bertz CT molecular complexity index is 1200. The third kappa shape index (κ3) is 4.06. The molecule has 0 N–H and O–H groups in total. The highest BCUT2D eigenvalue weighted by Gasteiger charge is 2.18. The first-order valence-corrected chi connectivity index (χ1v) is 9.84. The number of hydrogen-bond acceptors (Lipinski definition) is 5. The highest BCUT2D eigenvalue weighted by molar-refractivity contribution is 7.98. The lowest BCUT2D eigenvalue weighted by atomic mass is 10.2. The van der Waals surface area contributed by atoms with Crippen molar-refractivity contribution in [3.63, 3.8) is 0 Å². The van der Waals surface area contributed by atoms with E-state index in [0.717, 1.165) is 23.9 Å². The Morgan fingerprint density at radius 1 is 0.967 bits per heavy atom. The molecule has 30 heavy (non-hydrogen) atoms. The molecule has 4 rings (SSSR count). The van der Waals surface area contributed by atoms with E-state index in [1.165, 1.54) is 23.9 Å².